The van der Waals surface area contributed by atoms with Gasteiger partial charge in [-0.1, -0.05) is 34.8 Å². The molecular formula is C20H22Cl3F4N5O4. The van der Waals surface area contributed by atoms with Crippen LogP contribution in [0, 0.1) is 0 Å². The van der Waals surface area contributed by atoms with Crippen molar-refractivity contribution >= 4 is 64.1 Å². The number of cyclic esters (lactones) is 1. The number of anilines is 2. The number of piperazine rings is 1. The lowest BCUT2D eigenvalue weighted by Crippen LogP contribution is -2.64. The van der Waals surface area contributed by atoms with Crippen LogP contribution in [0.2, 0.25) is 0 Å². The van der Waals surface area contributed by atoms with Crippen LogP contribution in [0.15, 0.2) is 24.3 Å². The van der Waals surface area contributed by atoms with Gasteiger partial charge in [0, 0.05) is 31.4 Å². The molecule has 2 unspecified atom stereocenters. The molecule has 36 heavy (non-hydrogen) atoms. The number of amides is 3. The summed E-state index contributed by atoms with van der Waals surface area (Å²) in [7, 11) is 0. The highest BCUT2D eigenvalue weighted by Crippen LogP contribution is 2.35. The zero-order valence-electron chi connectivity index (χ0n) is 18.7. The Morgan fingerprint density at radius 3 is 2.25 bits per heavy atom. The van der Waals surface area contributed by atoms with Crippen molar-refractivity contribution in [3.63, 3.8) is 0 Å². The van der Waals surface area contributed by atoms with Crippen molar-refractivity contribution in [3.8, 4) is 0 Å². The average Bonchev–Trinajstić information content (AvgIpc) is 3.15. The molecule has 2 saturated heterocycles. The topological polar surface area (TPSA) is 94.2 Å². The first-order valence-corrected chi connectivity index (χ1v) is 11.7. The van der Waals surface area contributed by atoms with Crippen LogP contribution in [0.25, 0.3) is 0 Å². The summed E-state index contributed by atoms with van der Waals surface area (Å²) in [6, 6.07) is 6.54. The minimum absolute atomic E-state index is 0.142. The zero-order valence-corrected chi connectivity index (χ0v) is 21.0. The Kier molecular flexibility index (Phi) is 8.69. The second-order valence-electron chi connectivity index (χ2n) is 8.10. The number of alkyl halides is 7. The maximum absolute atomic E-state index is 15.0. The van der Waals surface area contributed by atoms with E-state index in [1.54, 1.807) is 34.5 Å². The predicted molar refractivity (Wildman–Crippen MR) is 125 cm³/mol. The number of benzene rings is 1. The quantitative estimate of drug-likeness (QED) is 0.306. The summed E-state index contributed by atoms with van der Waals surface area (Å²) in [5.74, 6) is -2.60. The van der Waals surface area contributed by atoms with Gasteiger partial charge in [-0.3, -0.25) is 14.5 Å². The minimum Gasteiger partial charge on any atom is -0.442 e. The average molecular weight is 579 g/mol. The molecule has 2 heterocycles. The van der Waals surface area contributed by atoms with Crippen LogP contribution < -0.4 is 20.4 Å². The largest absolute Gasteiger partial charge is 0.471 e. The van der Waals surface area contributed by atoms with Gasteiger partial charge in [0.05, 0.1) is 19.6 Å². The van der Waals surface area contributed by atoms with E-state index < -0.39 is 40.5 Å². The summed E-state index contributed by atoms with van der Waals surface area (Å²) >= 11 is 17.2. The fourth-order valence-corrected chi connectivity index (χ4v) is 4.32. The SMILES string of the molecule is CC(=O)NCC1CN(c2ccc(N3CCN(C(NC(=O)C(F)(F)F)C(Cl)(Cl)Cl)[C@@H](F)C3)cc2)C(=O)O1. The second kappa shape index (κ2) is 11.0. The maximum atomic E-state index is 15.0. The molecule has 2 aliphatic heterocycles. The van der Waals surface area contributed by atoms with E-state index in [1.807, 2.05) is 0 Å². The Labute approximate surface area is 218 Å². The molecule has 1 aromatic carbocycles. The highest BCUT2D eigenvalue weighted by molar-refractivity contribution is 6.68. The van der Waals surface area contributed by atoms with Crippen LogP contribution in [0.3, 0.4) is 0 Å². The molecule has 3 amide bonds. The third kappa shape index (κ3) is 6.96. The highest BCUT2D eigenvalue weighted by Gasteiger charge is 2.48. The van der Waals surface area contributed by atoms with E-state index in [0.29, 0.717) is 11.4 Å². The van der Waals surface area contributed by atoms with E-state index in [0.717, 1.165) is 4.90 Å². The second-order valence-corrected chi connectivity index (χ2v) is 10.5. The molecule has 2 N–H and O–H groups in total. The molecule has 0 radical (unpaired) electrons. The first-order chi connectivity index (χ1) is 16.7. The van der Waals surface area contributed by atoms with Gasteiger partial charge in [0.2, 0.25) is 9.70 Å². The molecule has 16 heteroatoms. The van der Waals surface area contributed by atoms with E-state index >= 15 is 4.39 Å². The third-order valence-corrected chi connectivity index (χ3v) is 6.13. The Hall–Kier alpha value is -2.22. The summed E-state index contributed by atoms with van der Waals surface area (Å²) in [6.07, 6.45) is -10.1. The Bertz CT molecular complexity index is 980. The monoisotopic (exact) mass is 577 g/mol. The van der Waals surface area contributed by atoms with E-state index in [-0.39, 0.29) is 38.6 Å². The summed E-state index contributed by atoms with van der Waals surface area (Å²) < 4.78 is 55.9. The first kappa shape index (κ1) is 28.4. The van der Waals surface area contributed by atoms with Gasteiger partial charge < -0.3 is 20.3 Å². The molecule has 2 aliphatic rings. The molecule has 1 aromatic rings. The molecule has 0 saturated carbocycles. The number of ether oxygens (including phenoxy) is 1. The van der Waals surface area contributed by atoms with E-state index in [2.05, 4.69) is 5.32 Å². The highest BCUT2D eigenvalue weighted by atomic mass is 35.6. The van der Waals surface area contributed by atoms with Crippen LogP contribution >= 0.6 is 34.8 Å². The van der Waals surface area contributed by atoms with Crippen LogP contribution in [0.5, 0.6) is 0 Å². The van der Waals surface area contributed by atoms with Crippen molar-refractivity contribution < 1.29 is 36.7 Å². The van der Waals surface area contributed by atoms with Crippen molar-refractivity contribution in [1.29, 1.82) is 0 Å². The summed E-state index contributed by atoms with van der Waals surface area (Å²) in [5.41, 5.74) is 1.10. The van der Waals surface area contributed by atoms with Crippen molar-refractivity contribution in [2.75, 3.05) is 42.5 Å². The number of rotatable bonds is 6. The maximum Gasteiger partial charge on any atom is 0.471 e. The normalized spacial score (nSPS) is 22.3. The molecule has 9 nitrogen and oxygen atoms in total. The molecule has 3 rings (SSSR count). The zero-order chi connectivity index (χ0) is 26.8. The van der Waals surface area contributed by atoms with Gasteiger partial charge in [-0.2, -0.15) is 13.2 Å². The van der Waals surface area contributed by atoms with Crippen molar-refractivity contribution in [2.24, 2.45) is 0 Å². The molecule has 2 fully saturated rings. The molecule has 0 bridgehead atoms. The Balaban J connectivity index is 1.64. The number of halogens is 7. The van der Waals surface area contributed by atoms with Crippen LogP contribution in [0.4, 0.5) is 33.7 Å². The summed E-state index contributed by atoms with van der Waals surface area (Å²) in [6.45, 7) is 1.45. The number of carbonyl (C=O) groups is 3. The number of nitrogens with one attached hydrogen (secondary N) is 2. The van der Waals surface area contributed by atoms with Gasteiger partial charge in [0.1, 0.15) is 12.3 Å². The minimum atomic E-state index is -5.24. The van der Waals surface area contributed by atoms with E-state index in [4.69, 9.17) is 39.5 Å². The summed E-state index contributed by atoms with van der Waals surface area (Å²) in [5, 5.41) is 4.13. The molecule has 0 spiro atoms. The van der Waals surface area contributed by atoms with Gasteiger partial charge in [-0.05, 0) is 24.3 Å². The molecule has 3 atom stereocenters. The fraction of sp³-hybridized carbons (Fsp3) is 0.550. The lowest BCUT2D eigenvalue weighted by molar-refractivity contribution is -0.176. The molecule has 0 aromatic heterocycles. The van der Waals surface area contributed by atoms with Gasteiger partial charge in [0.15, 0.2) is 6.30 Å². The van der Waals surface area contributed by atoms with Crippen molar-refractivity contribution in [2.45, 2.75) is 35.5 Å². The molecule has 0 aliphatic carbocycles. The van der Waals surface area contributed by atoms with Crippen LogP contribution in [-0.4, -0.2) is 84.1 Å². The van der Waals surface area contributed by atoms with Crippen molar-refractivity contribution in [1.82, 2.24) is 15.5 Å². The number of nitrogens with zero attached hydrogens (tertiary/aromatic N) is 3. The standard InChI is InChI=1S/C20H22Cl3F4N5O4/c1-11(33)28-8-14-9-32(18(35)36-14)13-4-2-12(3-5-13)30-6-7-31(15(24)10-30)16(19(21,22)23)29-17(34)20(25,26)27/h2-5,14-16H,6-10H2,1H3,(H,28,33)(H,29,34)/t14?,15-,16?/m1/s1. The lowest BCUT2D eigenvalue weighted by Gasteiger charge is -2.44. The van der Waals surface area contributed by atoms with Gasteiger partial charge in [-0.25, -0.2) is 14.1 Å². The summed E-state index contributed by atoms with van der Waals surface area (Å²) in [4.78, 5) is 38.5. The van der Waals surface area contributed by atoms with E-state index in [1.165, 1.54) is 11.8 Å². The van der Waals surface area contributed by atoms with Crippen LogP contribution in [-0.2, 0) is 14.3 Å². The number of hydrogen-bond donors (Lipinski definition) is 2. The Morgan fingerprint density at radius 1 is 1.11 bits per heavy atom. The first-order valence-electron chi connectivity index (χ1n) is 10.6. The van der Waals surface area contributed by atoms with Crippen molar-refractivity contribution in [3.05, 3.63) is 24.3 Å². The molecular weight excluding hydrogens is 557 g/mol. The number of carbonyl (C=O) groups excluding carboxylic acids is 3. The van der Waals surface area contributed by atoms with E-state index in [9.17, 15) is 27.6 Å². The molecule has 200 valence electrons. The lowest BCUT2D eigenvalue weighted by atomic mass is 10.2. The number of hydrogen-bond acceptors (Lipinski definition) is 6. The fourth-order valence-electron chi connectivity index (χ4n) is 3.78. The van der Waals surface area contributed by atoms with Gasteiger partial charge in [-0.15, -0.1) is 0 Å². The van der Waals surface area contributed by atoms with Gasteiger partial charge in [0.25, 0.3) is 0 Å². The Morgan fingerprint density at radius 2 is 1.72 bits per heavy atom. The van der Waals surface area contributed by atoms with Crippen LogP contribution in [0.1, 0.15) is 6.92 Å². The third-order valence-electron chi connectivity index (χ3n) is 5.51. The predicted octanol–water partition coefficient (Wildman–Crippen LogP) is 2.94. The van der Waals surface area contributed by atoms with Gasteiger partial charge >= 0.3 is 18.2 Å². The smallest absolute Gasteiger partial charge is 0.442 e.